The maximum absolute atomic E-state index is 9.10. The molecule has 0 aromatic heterocycles. The summed E-state index contributed by atoms with van der Waals surface area (Å²) in [4.78, 5) is 0. The Bertz CT molecular complexity index is 233. The molecule has 3 nitrogen and oxygen atoms in total. The molecule has 1 rings (SSSR count). The van der Waals surface area contributed by atoms with Crippen LogP contribution < -0.4 is 4.74 Å². The summed E-state index contributed by atoms with van der Waals surface area (Å²) >= 11 is 0. The van der Waals surface area contributed by atoms with Crippen LogP contribution in [0.4, 0.5) is 0 Å². The minimum absolute atomic E-state index is 0.00431. The zero-order valence-electron chi connectivity index (χ0n) is 6.11. The van der Waals surface area contributed by atoms with Crippen LogP contribution in [0, 0.1) is 6.07 Å². The monoisotopic (exact) mass is 153 g/mol. The molecule has 0 aliphatic heterocycles. The highest BCUT2D eigenvalue weighted by Crippen LogP contribution is 2.24. The van der Waals surface area contributed by atoms with E-state index in [1.54, 1.807) is 6.07 Å². The molecule has 2 N–H and O–H groups in total. The van der Waals surface area contributed by atoms with Crippen molar-refractivity contribution in [3.63, 3.8) is 0 Å². The molecule has 0 saturated heterocycles. The largest absolute Gasteiger partial charge is 0.504 e. The van der Waals surface area contributed by atoms with Crippen LogP contribution in [0.5, 0.6) is 11.5 Å². The van der Waals surface area contributed by atoms with Gasteiger partial charge >= 0.3 is 0 Å². The van der Waals surface area contributed by atoms with E-state index in [1.807, 2.05) is 0 Å². The molecule has 0 saturated carbocycles. The number of aliphatic hydroxyl groups is 1. The van der Waals surface area contributed by atoms with Crippen LogP contribution in [-0.2, 0) is 0 Å². The zero-order valence-corrected chi connectivity index (χ0v) is 6.11. The topological polar surface area (TPSA) is 49.7 Å². The van der Waals surface area contributed by atoms with Crippen LogP contribution in [0.25, 0.3) is 0 Å². The Morgan fingerprint density at radius 3 is 2.91 bits per heavy atom. The number of hydrogen-bond acceptors (Lipinski definition) is 3. The first-order valence-electron chi connectivity index (χ1n) is 3.24. The van der Waals surface area contributed by atoms with Gasteiger partial charge < -0.3 is 14.9 Å². The molecule has 0 spiro atoms. The van der Waals surface area contributed by atoms with Crippen molar-refractivity contribution < 1.29 is 14.9 Å². The summed E-state index contributed by atoms with van der Waals surface area (Å²) in [5.74, 6) is 0.243. The molecule has 59 valence electrons. The predicted molar refractivity (Wildman–Crippen MR) is 39.3 cm³/mol. The van der Waals surface area contributed by atoms with Crippen molar-refractivity contribution in [3.8, 4) is 11.5 Å². The molecule has 0 amide bonds. The Morgan fingerprint density at radius 2 is 2.36 bits per heavy atom. The molecule has 0 heterocycles. The van der Waals surface area contributed by atoms with Crippen LogP contribution >= 0.6 is 0 Å². The first-order chi connectivity index (χ1) is 5.20. The fourth-order valence-corrected chi connectivity index (χ4v) is 0.685. The zero-order chi connectivity index (χ0) is 8.27. The number of rotatable bonds is 2. The van der Waals surface area contributed by atoms with E-state index in [1.165, 1.54) is 19.1 Å². The lowest BCUT2D eigenvalue weighted by molar-refractivity contribution is -0.00208. The van der Waals surface area contributed by atoms with Gasteiger partial charge in [-0.15, -0.1) is 0 Å². The van der Waals surface area contributed by atoms with E-state index < -0.39 is 6.29 Å². The summed E-state index contributed by atoms with van der Waals surface area (Å²) in [6.45, 7) is 1.46. The second-order valence-corrected chi connectivity index (χ2v) is 2.11. The summed E-state index contributed by atoms with van der Waals surface area (Å²) in [5.41, 5.74) is 0. The highest BCUT2D eigenvalue weighted by atomic mass is 16.6. The summed E-state index contributed by atoms with van der Waals surface area (Å²) in [6, 6.07) is 7.17. The molecular formula is C8H9O3. The molecule has 0 fully saturated rings. The lowest BCUT2D eigenvalue weighted by Crippen LogP contribution is -2.09. The van der Waals surface area contributed by atoms with E-state index in [0.717, 1.165) is 0 Å². The number of hydrogen-bond donors (Lipinski definition) is 2. The van der Waals surface area contributed by atoms with Crippen LogP contribution in [0.2, 0.25) is 0 Å². The summed E-state index contributed by atoms with van der Waals surface area (Å²) in [5, 5.41) is 17.9. The lowest BCUT2D eigenvalue weighted by atomic mass is 10.3. The van der Waals surface area contributed by atoms with Gasteiger partial charge in [0.2, 0.25) is 0 Å². The molecule has 1 aromatic carbocycles. The van der Waals surface area contributed by atoms with Crippen molar-refractivity contribution >= 4 is 0 Å². The molecule has 0 bridgehead atoms. The van der Waals surface area contributed by atoms with Crippen LogP contribution in [-0.4, -0.2) is 16.5 Å². The molecule has 3 heteroatoms. The quantitative estimate of drug-likeness (QED) is 0.621. The Kier molecular flexibility index (Phi) is 2.33. The minimum atomic E-state index is -0.920. The van der Waals surface area contributed by atoms with Gasteiger partial charge in [-0.05, 0) is 25.1 Å². The molecular weight excluding hydrogens is 144 g/mol. The van der Waals surface area contributed by atoms with E-state index in [9.17, 15) is 0 Å². The standard InChI is InChI=1S/C8H9O3/c1-6(9)11-8-5-3-2-4-7(8)10/h2,4-6,9-10H,1H3. The maximum atomic E-state index is 9.10. The normalized spacial score (nSPS) is 12.5. The Labute approximate surface area is 64.9 Å². The van der Waals surface area contributed by atoms with E-state index in [0.29, 0.717) is 0 Å². The van der Waals surface area contributed by atoms with E-state index >= 15 is 0 Å². The predicted octanol–water partition coefficient (Wildman–Crippen LogP) is 0.909. The summed E-state index contributed by atoms with van der Waals surface area (Å²) < 4.78 is 4.82. The number of phenols is 1. The van der Waals surface area contributed by atoms with Gasteiger partial charge in [0.25, 0.3) is 0 Å². The Balaban J connectivity index is 2.78. The molecule has 0 aliphatic rings. The molecule has 1 atom stereocenters. The molecule has 1 unspecified atom stereocenters. The van der Waals surface area contributed by atoms with E-state index in [-0.39, 0.29) is 11.5 Å². The highest BCUT2D eigenvalue weighted by Gasteiger charge is 2.02. The third-order valence-electron chi connectivity index (χ3n) is 1.10. The lowest BCUT2D eigenvalue weighted by Gasteiger charge is -2.08. The fraction of sp³-hybridized carbons (Fsp3) is 0.250. The highest BCUT2D eigenvalue weighted by molar-refractivity contribution is 5.37. The van der Waals surface area contributed by atoms with Crippen molar-refractivity contribution in [1.29, 1.82) is 0 Å². The average molecular weight is 153 g/mol. The van der Waals surface area contributed by atoms with Gasteiger partial charge in [0, 0.05) is 0 Å². The number of ether oxygens (including phenoxy) is 1. The van der Waals surface area contributed by atoms with Gasteiger partial charge in [-0.2, -0.15) is 0 Å². The fourth-order valence-electron chi connectivity index (χ4n) is 0.685. The van der Waals surface area contributed by atoms with Gasteiger partial charge in [0.1, 0.15) is 0 Å². The van der Waals surface area contributed by atoms with E-state index in [4.69, 9.17) is 14.9 Å². The van der Waals surface area contributed by atoms with Gasteiger partial charge in [0.05, 0.1) is 0 Å². The van der Waals surface area contributed by atoms with Crippen LogP contribution in [0.1, 0.15) is 6.92 Å². The second kappa shape index (κ2) is 3.25. The average Bonchev–Trinajstić information content (AvgIpc) is 1.93. The van der Waals surface area contributed by atoms with Gasteiger partial charge in [-0.3, -0.25) is 0 Å². The maximum Gasteiger partial charge on any atom is 0.194 e. The van der Waals surface area contributed by atoms with Gasteiger partial charge in [-0.25, -0.2) is 0 Å². The SMILES string of the molecule is CC(O)Oc1c[c]ccc1O. The Hall–Kier alpha value is -1.22. The smallest absolute Gasteiger partial charge is 0.194 e. The first-order valence-corrected chi connectivity index (χ1v) is 3.24. The van der Waals surface area contributed by atoms with E-state index in [2.05, 4.69) is 6.07 Å². The minimum Gasteiger partial charge on any atom is -0.504 e. The molecule has 0 aliphatic carbocycles. The van der Waals surface area contributed by atoms with Gasteiger partial charge in [0.15, 0.2) is 17.8 Å². The van der Waals surface area contributed by atoms with Crippen LogP contribution in [0.15, 0.2) is 18.2 Å². The van der Waals surface area contributed by atoms with Crippen molar-refractivity contribution in [2.24, 2.45) is 0 Å². The number of phenolic OH excluding ortho intramolecular Hbond substituents is 1. The first kappa shape index (κ1) is 7.88. The third kappa shape index (κ3) is 2.13. The van der Waals surface area contributed by atoms with Crippen LogP contribution in [0.3, 0.4) is 0 Å². The molecule has 1 aromatic rings. The van der Waals surface area contributed by atoms with Gasteiger partial charge in [-0.1, -0.05) is 6.07 Å². The summed E-state index contributed by atoms with van der Waals surface area (Å²) in [7, 11) is 0. The third-order valence-corrected chi connectivity index (χ3v) is 1.10. The molecule has 1 radical (unpaired) electrons. The number of aromatic hydroxyl groups is 1. The van der Waals surface area contributed by atoms with Crippen molar-refractivity contribution in [2.45, 2.75) is 13.2 Å². The van der Waals surface area contributed by atoms with Crippen molar-refractivity contribution in [2.75, 3.05) is 0 Å². The number of aliphatic hydroxyl groups excluding tert-OH is 1. The van der Waals surface area contributed by atoms with Crippen molar-refractivity contribution in [1.82, 2.24) is 0 Å². The number of benzene rings is 1. The molecule has 11 heavy (non-hydrogen) atoms. The second-order valence-electron chi connectivity index (χ2n) is 2.11. The van der Waals surface area contributed by atoms with Crippen molar-refractivity contribution in [3.05, 3.63) is 24.3 Å². The summed E-state index contributed by atoms with van der Waals surface area (Å²) in [6.07, 6.45) is -0.920. The Morgan fingerprint density at radius 1 is 1.64 bits per heavy atom.